The highest BCUT2D eigenvalue weighted by Crippen LogP contribution is 2.14. The van der Waals surface area contributed by atoms with Gasteiger partial charge < -0.3 is 14.5 Å². The van der Waals surface area contributed by atoms with Crippen LogP contribution in [0.3, 0.4) is 0 Å². The minimum absolute atomic E-state index is 0.240. The van der Waals surface area contributed by atoms with E-state index in [4.69, 9.17) is 9.15 Å². The molecule has 0 spiro atoms. The second kappa shape index (κ2) is 6.56. The molecule has 0 bridgehead atoms. The number of rotatable bonds is 4. The molecule has 0 aliphatic carbocycles. The summed E-state index contributed by atoms with van der Waals surface area (Å²) in [7, 11) is 0. The Bertz CT molecular complexity index is 618. The van der Waals surface area contributed by atoms with Crippen LogP contribution in [0.25, 0.3) is 0 Å². The molecule has 5 nitrogen and oxygen atoms in total. The quantitative estimate of drug-likeness (QED) is 0.648. The molecule has 0 radical (unpaired) electrons. The number of furan rings is 1. The smallest absolute Gasteiger partial charge is 0.338 e. The Balaban J connectivity index is 2.04. The van der Waals surface area contributed by atoms with Gasteiger partial charge in [-0.1, -0.05) is 0 Å². The van der Waals surface area contributed by atoms with Crippen LogP contribution in [0.4, 0.5) is 5.69 Å². The number of nitrogens with one attached hydrogen (secondary N) is 1. The van der Waals surface area contributed by atoms with Crippen molar-refractivity contribution in [3.05, 3.63) is 51.5 Å². The average molecular weight is 385 g/mol. The van der Waals surface area contributed by atoms with Crippen LogP contribution >= 0.6 is 22.6 Å². The number of carbonyl (C=O) groups is 2. The first-order valence-corrected chi connectivity index (χ1v) is 7.02. The summed E-state index contributed by atoms with van der Waals surface area (Å²) in [6, 6.07) is 9.78. The maximum Gasteiger partial charge on any atom is 0.338 e. The van der Waals surface area contributed by atoms with Crippen molar-refractivity contribution >= 4 is 40.2 Å². The Morgan fingerprint density at radius 1 is 1.20 bits per heavy atom. The summed E-state index contributed by atoms with van der Waals surface area (Å²) >= 11 is 1.99. The third-order valence-electron chi connectivity index (χ3n) is 2.45. The molecule has 2 aromatic rings. The molecule has 20 heavy (non-hydrogen) atoms. The number of carbonyl (C=O) groups excluding carboxylic acids is 2. The van der Waals surface area contributed by atoms with Gasteiger partial charge in [0.05, 0.1) is 12.2 Å². The molecule has 2 rings (SSSR count). The molecule has 1 N–H and O–H groups in total. The molecule has 0 aliphatic rings. The molecule has 104 valence electrons. The zero-order valence-corrected chi connectivity index (χ0v) is 12.8. The zero-order valence-electron chi connectivity index (χ0n) is 10.7. The first-order chi connectivity index (χ1) is 9.60. The van der Waals surface area contributed by atoms with Gasteiger partial charge in [0.1, 0.15) is 0 Å². The summed E-state index contributed by atoms with van der Waals surface area (Å²) in [5, 5.41) is 2.68. The topological polar surface area (TPSA) is 68.5 Å². The summed E-state index contributed by atoms with van der Waals surface area (Å²) in [6.45, 7) is 2.08. The predicted octanol–water partition coefficient (Wildman–Crippen LogP) is 3.31. The van der Waals surface area contributed by atoms with E-state index in [-0.39, 0.29) is 17.6 Å². The van der Waals surface area contributed by atoms with Crippen molar-refractivity contribution < 1.29 is 18.7 Å². The van der Waals surface area contributed by atoms with Crippen molar-refractivity contribution in [2.45, 2.75) is 6.92 Å². The predicted molar refractivity (Wildman–Crippen MR) is 81.8 cm³/mol. The van der Waals surface area contributed by atoms with Crippen LogP contribution in [-0.4, -0.2) is 18.5 Å². The number of hydrogen-bond donors (Lipinski definition) is 1. The number of anilines is 1. The third kappa shape index (κ3) is 3.60. The van der Waals surface area contributed by atoms with E-state index in [1.54, 1.807) is 43.3 Å². The van der Waals surface area contributed by atoms with E-state index in [0.717, 1.165) is 0 Å². The van der Waals surface area contributed by atoms with E-state index in [1.165, 1.54) is 0 Å². The lowest BCUT2D eigenvalue weighted by Gasteiger charge is -2.05. The monoisotopic (exact) mass is 385 g/mol. The molecule has 1 aromatic heterocycles. The first-order valence-electron chi connectivity index (χ1n) is 5.94. The normalized spacial score (nSPS) is 10.1. The molecule has 0 saturated heterocycles. The SMILES string of the molecule is CCOC(=O)c1ccc(NC(=O)c2ccc(I)o2)cc1. The van der Waals surface area contributed by atoms with Crippen LogP contribution in [-0.2, 0) is 4.74 Å². The summed E-state index contributed by atoms with van der Waals surface area (Å²) in [5.74, 6) is -0.480. The Morgan fingerprint density at radius 3 is 2.45 bits per heavy atom. The van der Waals surface area contributed by atoms with Gasteiger partial charge in [-0.05, 0) is 65.9 Å². The van der Waals surface area contributed by atoms with E-state index in [0.29, 0.717) is 21.6 Å². The lowest BCUT2D eigenvalue weighted by Crippen LogP contribution is -2.11. The number of benzene rings is 1. The van der Waals surface area contributed by atoms with Gasteiger partial charge in [-0.15, -0.1) is 0 Å². The van der Waals surface area contributed by atoms with Crippen LogP contribution in [0.2, 0.25) is 0 Å². The lowest BCUT2D eigenvalue weighted by atomic mass is 10.2. The number of hydrogen-bond acceptors (Lipinski definition) is 4. The second-order valence-corrected chi connectivity index (χ2v) is 4.92. The zero-order chi connectivity index (χ0) is 14.5. The van der Waals surface area contributed by atoms with Crippen molar-refractivity contribution in [3.8, 4) is 0 Å². The molecule has 1 amide bonds. The molecule has 0 aliphatic heterocycles. The van der Waals surface area contributed by atoms with Gasteiger partial charge in [0.15, 0.2) is 9.53 Å². The van der Waals surface area contributed by atoms with Crippen LogP contribution in [0.15, 0.2) is 40.8 Å². The molecule has 0 unspecified atom stereocenters. The van der Waals surface area contributed by atoms with E-state index in [9.17, 15) is 9.59 Å². The molecule has 1 aromatic carbocycles. The maximum atomic E-state index is 11.8. The highest BCUT2D eigenvalue weighted by Gasteiger charge is 2.11. The van der Waals surface area contributed by atoms with E-state index in [2.05, 4.69) is 5.32 Å². The number of esters is 1. The van der Waals surface area contributed by atoms with Gasteiger partial charge in [0.25, 0.3) is 5.91 Å². The molecular weight excluding hydrogens is 373 g/mol. The van der Waals surface area contributed by atoms with Gasteiger partial charge in [-0.2, -0.15) is 0 Å². The molecule has 6 heteroatoms. The summed E-state index contributed by atoms with van der Waals surface area (Å²) in [4.78, 5) is 23.3. The van der Waals surface area contributed by atoms with E-state index in [1.807, 2.05) is 22.6 Å². The van der Waals surface area contributed by atoms with Gasteiger partial charge in [0.2, 0.25) is 0 Å². The highest BCUT2D eigenvalue weighted by atomic mass is 127. The highest BCUT2D eigenvalue weighted by molar-refractivity contribution is 14.1. The molecule has 1 heterocycles. The molecular formula is C14H12INO4. The van der Waals surface area contributed by atoms with Gasteiger partial charge >= 0.3 is 5.97 Å². The van der Waals surface area contributed by atoms with E-state index >= 15 is 0 Å². The Labute approximate surface area is 129 Å². The van der Waals surface area contributed by atoms with Crippen LogP contribution in [0.1, 0.15) is 27.8 Å². The average Bonchev–Trinajstić information content (AvgIpc) is 2.86. The second-order valence-electron chi connectivity index (χ2n) is 3.86. The Morgan fingerprint density at radius 2 is 1.90 bits per heavy atom. The van der Waals surface area contributed by atoms with Gasteiger partial charge in [0, 0.05) is 5.69 Å². The summed E-state index contributed by atoms with van der Waals surface area (Å²) in [5.41, 5.74) is 1.02. The van der Waals surface area contributed by atoms with Crippen LogP contribution in [0.5, 0.6) is 0 Å². The van der Waals surface area contributed by atoms with E-state index < -0.39 is 0 Å². The fourth-order valence-electron chi connectivity index (χ4n) is 1.53. The van der Waals surface area contributed by atoms with Crippen molar-refractivity contribution in [3.63, 3.8) is 0 Å². The van der Waals surface area contributed by atoms with Crippen molar-refractivity contribution in [2.24, 2.45) is 0 Å². The largest absolute Gasteiger partial charge is 0.462 e. The standard InChI is InChI=1S/C14H12INO4/c1-2-19-14(18)9-3-5-10(6-4-9)16-13(17)11-7-8-12(15)20-11/h3-8H,2H2,1H3,(H,16,17). The Kier molecular flexibility index (Phi) is 4.78. The Hall–Kier alpha value is -1.83. The van der Waals surface area contributed by atoms with Crippen LogP contribution < -0.4 is 5.32 Å². The maximum absolute atomic E-state index is 11.8. The minimum Gasteiger partial charge on any atom is -0.462 e. The number of amides is 1. The molecule has 0 atom stereocenters. The first kappa shape index (κ1) is 14.6. The number of halogens is 1. The van der Waals surface area contributed by atoms with Gasteiger partial charge in [-0.25, -0.2) is 4.79 Å². The third-order valence-corrected chi connectivity index (χ3v) is 3.03. The van der Waals surface area contributed by atoms with Crippen LogP contribution in [0, 0.1) is 3.77 Å². The van der Waals surface area contributed by atoms with Crippen molar-refractivity contribution in [1.82, 2.24) is 0 Å². The summed E-state index contributed by atoms with van der Waals surface area (Å²) in [6.07, 6.45) is 0. The summed E-state index contributed by atoms with van der Waals surface area (Å²) < 4.78 is 10.7. The fourth-order valence-corrected chi connectivity index (χ4v) is 1.95. The van der Waals surface area contributed by atoms with Crippen molar-refractivity contribution in [2.75, 3.05) is 11.9 Å². The van der Waals surface area contributed by atoms with Gasteiger partial charge in [-0.3, -0.25) is 4.79 Å². The molecule has 0 fully saturated rings. The fraction of sp³-hybridized carbons (Fsp3) is 0.143. The number of ether oxygens (including phenoxy) is 1. The van der Waals surface area contributed by atoms with Crippen molar-refractivity contribution in [1.29, 1.82) is 0 Å². The lowest BCUT2D eigenvalue weighted by molar-refractivity contribution is 0.0526. The minimum atomic E-state index is -0.383. The molecule has 0 saturated carbocycles.